The second kappa shape index (κ2) is 7.58. The summed E-state index contributed by atoms with van der Waals surface area (Å²) in [5.74, 6) is 0.785. The fraction of sp³-hybridized carbons (Fsp3) is 0.250. The Hall–Kier alpha value is -3.20. The number of nitrogens with zero attached hydrogens (tertiary/aromatic N) is 4. The third-order valence-electron chi connectivity index (χ3n) is 3.52. The molecular formula is C16H18N6O3. The minimum absolute atomic E-state index is 0.173. The van der Waals surface area contributed by atoms with E-state index in [0.717, 1.165) is 0 Å². The Kier molecular flexibility index (Phi) is 5.05. The largest absolute Gasteiger partial charge is 0.415 e. The summed E-state index contributed by atoms with van der Waals surface area (Å²) < 4.78 is 10.7. The van der Waals surface area contributed by atoms with E-state index in [-0.39, 0.29) is 5.82 Å². The van der Waals surface area contributed by atoms with Gasteiger partial charge >= 0.3 is 6.09 Å². The van der Waals surface area contributed by atoms with E-state index in [1.807, 2.05) is 0 Å². The maximum absolute atomic E-state index is 12.2. The Bertz CT molecular complexity index is 789. The molecule has 1 saturated heterocycles. The highest BCUT2D eigenvalue weighted by Gasteiger charge is 2.19. The van der Waals surface area contributed by atoms with Crippen LogP contribution in [0, 0.1) is 0 Å². The normalized spacial score (nSPS) is 14.6. The number of pyridine rings is 1. The van der Waals surface area contributed by atoms with Crippen LogP contribution in [0.4, 0.5) is 27.8 Å². The minimum Gasteiger partial charge on any atom is -0.408 e. The maximum Gasteiger partial charge on any atom is 0.415 e. The number of rotatable bonds is 3. The fourth-order valence-corrected chi connectivity index (χ4v) is 2.21. The molecular weight excluding hydrogens is 324 g/mol. The van der Waals surface area contributed by atoms with Crippen molar-refractivity contribution in [2.24, 2.45) is 10.2 Å². The molecule has 0 radical (unpaired) electrons. The average Bonchev–Trinajstić information content (AvgIpc) is 2.63. The highest BCUT2D eigenvalue weighted by atomic mass is 16.6. The SMILES string of the molecule is Nc1ccc(N=Nc2ccccc2OC(=O)N2CCOCC2)c(N)n1. The highest BCUT2D eigenvalue weighted by molar-refractivity contribution is 5.73. The van der Waals surface area contributed by atoms with Crippen LogP contribution in [-0.4, -0.2) is 42.3 Å². The van der Waals surface area contributed by atoms with Gasteiger partial charge in [0.1, 0.15) is 17.2 Å². The van der Waals surface area contributed by atoms with Crippen LogP contribution >= 0.6 is 0 Å². The van der Waals surface area contributed by atoms with E-state index >= 15 is 0 Å². The molecule has 1 aliphatic rings. The van der Waals surface area contributed by atoms with Gasteiger partial charge in [0.2, 0.25) is 0 Å². The molecule has 1 aliphatic heterocycles. The van der Waals surface area contributed by atoms with Gasteiger partial charge in [0.15, 0.2) is 11.6 Å². The number of ether oxygens (including phenoxy) is 2. The lowest BCUT2D eigenvalue weighted by atomic mass is 10.3. The van der Waals surface area contributed by atoms with Gasteiger partial charge in [0.05, 0.1) is 13.2 Å². The summed E-state index contributed by atoms with van der Waals surface area (Å²) in [5, 5.41) is 8.16. The molecule has 130 valence electrons. The number of anilines is 2. The maximum atomic E-state index is 12.2. The van der Waals surface area contributed by atoms with Gasteiger partial charge in [0, 0.05) is 13.1 Å². The Morgan fingerprint density at radius 2 is 1.80 bits per heavy atom. The lowest BCUT2D eigenvalue weighted by molar-refractivity contribution is 0.0416. The molecule has 1 aromatic heterocycles. The molecule has 3 rings (SSSR count). The van der Waals surface area contributed by atoms with Gasteiger partial charge in [-0.1, -0.05) is 12.1 Å². The van der Waals surface area contributed by atoms with Crippen LogP contribution in [0.2, 0.25) is 0 Å². The first-order valence-corrected chi connectivity index (χ1v) is 7.71. The van der Waals surface area contributed by atoms with Crippen LogP contribution in [0.1, 0.15) is 0 Å². The number of para-hydroxylation sites is 1. The summed E-state index contributed by atoms with van der Waals surface area (Å²) in [6, 6.07) is 10.0. The van der Waals surface area contributed by atoms with E-state index in [4.69, 9.17) is 20.9 Å². The second-order valence-electron chi connectivity index (χ2n) is 5.28. The van der Waals surface area contributed by atoms with Crippen molar-refractivity contribution in [2.45, 2.75) is 0 Å². The van der Waals surface area contributed by atoms with E-state index in [9.17, 15) is 4.79 Å². The van der Waals surface area contributed by atoms with Crippen molar-refractivity contribution in [3.8, 4) is 5.75 Å². The number of aromatic nitrogens is 1. The number of carbonyl (C=O) groups is 1. The number of amides is 1. The average molecular weight is 342 g/mol. The van der Waals surface area contributed by atoms with Gasteiger partial charge < -0.3 is 25.8 Å². The summed E-state index contributed by atoms with van der Waals surface area (Å²) in [4.78, 5) is 17.7. The number of azo groups is 1. The molecule has 0 unspecified atom stereocenters. The summed E-state index contributed by atoms with van der Waals surface area (Å²) in [6.45, 7) is 1.99. The lowest BCUT2D eigenvalue weighted by Gasteiger charge is -2.25. The minimum atomic E-state index is -0.445. The molecule has 4 N–H and O–H groups in total. The Balaban J connectivity index is 1.76. The molecule has 9 nitrogen and oxygen atoms in total. The zero-order chi connectivity index (χ0) is 17.6. The molecule has 2 aromatic rings. The van der Waals surface area contributed by atoms with Crippen LogP contribution in [0.5, 0.6) is 5.75 Å². The van der Waals surface area contributed by atoms with E-state index in [2.05, 4.69) is 15.2 Å². The van der Waals surface area contributed by atoms with Crippen molar-refractivity contribution in [1.82, 2.24) is 9.88 Å². The van der Waals surface area contributed by atoms with Crippen LogP contribution in [0.15, 0.2) is 46.6 Å². The Morgan fingerprint density at radius 3 is 2.56 bits per heavy atom. The molecule has 0 atom stereocenters. The standard InChI is InChI=1S/C16H18N6O3/c17-14-6-5-12(15(18)19-14)21-20-11-3-1-2-4-13(11)25-16(23)22-7-9-24-10-8-22/h1-6H,7-10H2,(H4,17,18,19). The Morgan fingerprint density at radius 1 is 1.08 bits per heavy atom. The van der Waals surface area contributed by atoms with E-state index < -0.39 is 6.09 Å². The summed E-state index contributed by atoms with van der Waals surface area (Å²) in [5.41, 5.74) is 12.1. The molecule has 1 fully saturated rings. The zero-order valence-corrected chi connectivity index (χ0v) is 13.5. The molecule has 0 saturated carbocycles. The van der Waals surface area contributed by atoms with Crippen molar-refractivity contribution in [2.75, 3.05) is 37.8 Å². The summed E-state index contributed by atoms with van der Waals surface area (Å²) in [7, 11) is 0. The zero-order valence-electron chi connectivity index (χ0n) is 13.5. The first kappa shape index (κ1) is 16.7. The quantitative estimate of drug-likeness (QED) is 0.825. The summed E-state index contributed by atoms with van der Waals surface area (Å²) >= 11 is 0. The fourth-order valence-electron chi connectivity index (χ4n) is 2.21. The molecule has 0 bridgehead atoms. The lowest BCUT2D eigenvalue weighted by Crippen LogP contribution is -2.42. The molecule has 1 aromatic carbocycles. The van der Waals surface area contributed by atoms with Gasteiger partial charge in [-0.3, -0.25) is 0 Å². The van der Waals surface area contributed by atoms with E-state index in [1.54, 1.807) is 41.3 Å². The third kappa shape index (κ3) is 4.21. The van der Waals surface area contributed by atoms with Gasteiger partial charge in [-0.05, 0) is 24.3 Å². The molecule has 0 aliphatic carbocycles. The number of carbonyl (C=O) groups excluding carboxylic acids is 1. The number of nitrogens with two attached hydrogens (primary N) is 2. The molecule has 1 amide bonds. The number of hydrogen-bond donors (Lipinski definition) is 2. The van der Waals surface area contributed by atoms with Crippen LogP contribution < -0.4 is 16.2 Å². The van der Waals surface area contributed by atoms with Gasteiger partial charge in [-0.15, -0.1) is 10.2 Å². The molecule has 2 heterocycles. The van der Waals surface area contributed by atoms with E-state index in [0.29, 0.717) is 49.2 Å². The first-order chi connectivity index (χ1) is 12.1. The van der Waals surface area contributed by atoms with Crippen LogP contribution in [0.25, 0.3) is 0 Å². The molecule has 0 spiro atoms. The van der Waals surface area contributed by atoms with Crippen molar-refractivity contribution < 1.29 is 14.3 Å². The van der Waals surface area contributed by atoms with Crippen molar-refractivity contribution in [1.29, 1.82) is 0 Å². The van der Waals surface area contributed by atoms with E-state index in [1.165, 1.54) is 0 Å². The highest BCUT2D eigenvalue weighted by Crippen LogP contribution is 2.30. The number of benzene rings is 1. The van der Waals surface area contributed by atoms with Crippen LogP contribution in [0.3, 0.4) is 0 Å². The predicted octanol–water partition coefficient (Wildman–Crippen LogP) is 2.49. The molecule has 9 heteroatoms. The third-order valence-corrected chi connectivity index (χ3v) is 3.52. The van der Waals surface area contributed by atoms with Gasteiger partial charge in [-0.2, -0.15) is 0 Å². The van der Waals surface area contributed by atoms with Gasteiger partial charge in [-0.25, -0.2) is 9.78 Å². The second-order valence-corrected chi connectivity index (χ2v) is 5.28. The Labute approximate surface area is 144 Å². The molecule has 25 heavy (non-hydrogen) atoms. The number of hydrogen-bond acceptors (Lipinski definition) is 8. The van der Waals surface area contributed by atoms with Crippen LogP contribution in [-0.2, 0) is 4.74 Å². The van der Waals surface area contributed by atoms with Crippen molar-refractivity contribution in [3.05, 3.63) is 36.4 Å². The van der Waals surface area contributed by atoms with Crippen molar-refractivity contribution in [3.63, 3.8) is 0 Å². The smallest absolute Gasteiger partial charge is 0.408 e. The van der Waals surface area contributed by atoms with Gasteiger partial charge in [0.25, 0.3) is 0 Å². The predicted molar refractivity (Wildman–Crippen MR) is 92.1 cm³/mol. The number of nitrogen functional groups attached to an aromatic ring is 2. The van der Waals surface area contributed by atoms with Crippen molar-refractivity contribution >= 4 is 29.1 Å². The number of morpholine rings is 1. The topological polar surface area (TPSA) is 128 Å². The first-order valence-electron chi connectivity index (χ1n) is 7.71. The summed E-state index contributed by atoms with van der Waals surface area (Å²) in [6.07, 6.45) is -0.445. The monoisotopic (exact) mass is 342 g/mol.